The zero-order chi connectivity index (χ0) is 39.8. The first-order valence-electron chi connectivity index (χ1n) is 20.6. The highest BCUT2D eigenvalue weighted by atomic mass is 15.1. The average molecular weight is 765 g/mol. The lowest BCUT2D eigenvalue weighted by Gasteiger charge is -2.29. The minimum atomic E-state index is 1.09. The molecule has 60 heavy (non-hydrogen) atoms. The lowest BCUT2D eigenvalue weighted by molar-refractivity contribution is 1.18. The van der Waals surface area contributed by atoms with Gasteiger partial charge in [0.05, 0.1) is 16.7 Å². The van der Waals surface area contributed by atoms with Crippen LogP contribution in [0.5, 0.6) is 0 Å². The summed E-state index contributed by atoms with van der Waals surface area (Å²) in [6.45, 7) is 0. The lowest BCUT2D eigenvalue weighted by atomic mass is 9.90. The van der Waals surface area contributed by atoms with Gasteiger partial charge in [-0.1, -0.05) is 182 Å². The standard InChI is InChI=1S/C58H40N2/c1-4-17-41(18-5-1)42-33-36-48(37-34-42)59(55-31-12-10-27-51(55)53-30-16-22-44-21-15-29-50(58(44)53)43-19-6-2-7-20-43)49-26-14-23-45(39-49)46-35-38-57-54(40-46)52-28-11-13-32-56(52)60(57)47-24-8-3-9-25-47/h1-40H. The van der Waals surface area contributed by atoms with E-state index in [1.165, 1.54) is 71.5 Å². The Morgan fingerprint density at radius 2 is 0.850 bits per heavy atom. The fraction of sp³-hybridized carbons (Fsp3) is 0. The van der Waals surface area contributed by atoms with E-state index >= 15 is 0 Å². The van der Waals surface area contributed by atoms with E-state index in [1.807, 2.05) is 0 Å². The topological polar surface area (TPSA) is 8.17 Å². The highest BCUT2D eigenvalue weighted by Crippen LogP contribution is 2.46. The van der Waals surface area contributed by atoms with E-state index in [2.05, 4.69) is 252 Å². The molecule has 0 spiro atoms. The minimum absolute atomic E-state index is 1.09. The Balaban J connectivity index is 1.09. The molecule has 0 radical (unpaired) electrons. The Kier molecular flexibility index (Phi) is 8.87. The Bertz CT molecular complexity index is 3290. The first-order chi connectivity index (χ1) is 29.8. The van der Waals surface area contributed by atoms with Crippen molar-refractivity contribution in [2.75, 3.05) is 4.90 Å². The molecular formula is C58H40N2. The normalized spacial score (nSPS) is 11.3. The number of anilines is 3. The molecule has 0 unspecified atom stereocenters. The Hall–Kier alpha value is -7.94. The van der Waals surface area contributed by atoms with Crippen molar-refractivity contribution in [3.63, 3.8) is 0 Å². The molecule has 0 bridgehead atoms. The molecule has 0 aliphatic heterocycles. The average Bonchev–Trinajstić information content (AvgIpc) is 3.66. The summed E-state index contributed by atoms with van der Waals surface area (Å²) >= 11 is 0. The van der Waals surface area contributed by atoms with Crippen LogP contribution in [-0.2, 0) is 0 Å². The fourth-order valence-corrected chi connectivity index (χ4v) is 9.01. The van der Waals surface area contributed by atoms with E-state index in [0.29, 0.717) is 0 Å². The third-order valence-electron chi connectivity index (χ3n) is 11.8. The van der Waals surface area contributed by atoms with Gasteiger partial charge in [-0.2, -0.15) is 0 Å². The summed E-state index contributed by atoms with van der Waals surface area (Å²) < 4.78 is 2.37. The van der Waals surface area contributed by atoms with Gasteiger partial charge in [-0.25, -0.2) is 0 Å². The summed E-state index contributed by atoms with van der Waals surface area (Å²) in [5, 5.41) is 4.94. The van der Waals surface area contributed by atoms with Gasteiger partial charge in [0.1, 0.15) is 0 Å². The summed E-state index contributed by atoms with van der Waals surface area (Å²) in [4.78, 5) is 2.43. The number of hydrogen-bond acceptors (Lipinski definition) is 1. The number of para-hydroxylation sites is 3. The maximum atomic E-state index is 2.43. The van der Waals surface area contributed by atoms with Crippen molar-refractivity contribution in [1.82, 2.24) is 4.57 Å². The van der Waals surface area contributed by atoms with Crippen LogP contribution in [-0.4, -0.2) is 4.57 Å². The first kappa shape index (κ1) is 35.2. The van der Waals surface area contributed by atoms with Crippen LogP contribution in [0.15, 0.2) is 243 Å². The Morgan fingerprint density at radius 3 is 1.63 bits per heavy atom. The van der Waals surface area contributed by atoms with Crippen molar-refractivity contribution in [3.05, 3.63) is 243 Å². The molecule has 2 nitrogen and oxygen atoms in total. The van der Waals surface area contributed by atoms with Crippen LogP contribution in [0.1, 0.15) is 0 Å². The largest absolute Gasteiger partial charge is 0.310 e. The van der Waals surface area contributed by atoms with Crippen molar-refractivity contribution in [2.45, 2.75) is 0 Å². The van der Waals surface area contributed by atoms with E-state index in [1.54, 1.807) is 0 Å². The molecule has 0 saturated carbocycles. The predicted octanol–water partition coefficient (Wildman–Crippen LogP) is 16.1. The lowest BCUT2D eigenvalue weighted by Crippen LogP contribution is -2.11. The molecule has 10 aromatic carbocycles. The van der Waals surface area contributed by atoms with Crippen LogP contribution < -0.4 is 4.90 Å². The highest BCUT2D eigenvalue weighted by Gasteiger charge is 2.21. The van der Waals surface area contributed by atoms with Crippen LogP contribution in [0.3, 0.4) is 0 Å². The molecule has 0 fully saturated rings. The number of hydrogen-bond donors (Lipinski definition) is 0. The van der Waals surface area contributed by atoms with Crippen molar-refractivity contribution < 1.29 is 0 Å². The third-order valence-corrected chi connectivity index (χ3v) is 11.8. The van der Waals surface area contributed by atoms with Gasteiger partial charge in [-0.3, -0.25) is 0 Å². The molecule has 0 N–H and O–H groups in total. The third kappa shape index (κ3) is 6.23. The predicted molar refractivity (Wildman–Crippen MR) is 255 cm³/mol. The summed E-state index contributed by atoms with van der Waals surface area (Å²) in [5.74, 6) is 0. The van der Waals surface area contributed by atoms with Gasteiger partial charge >= 0.3 is 0 Å². The molecule has 0 aliphatic carbocycles. The number of rotatable bonds is 8. The van der Waals surface area contributed by atoms with Gasteiger partial charge in [0.25, 0.3) is 0 Å². The second-order valence-electron chi connectivity index (χ2n) is 15.3. The number of benzene rings is 10. The van der Waals surface area contributed by atoms with Gasteiger partial charge in [0.2, 0.25) is 0 Å². The molecule has 11 rings (SSSR count). The van der Waals surface area contributed by atoms with Crippen molar-refractivity contribution in [2.24, 2.45) is 0 Å². The SMILES string of the molecule is c1ccc(-c2ccc(N(c3cccc(-c4ccc5c(c4)c4ccccc4n5-c4ccccc4)c3)c3ccccc3-c3cccc4cccc(-c5ccccc5)c34)cc2)cc1. The summed E-state index contributed by atoms with van der Waals surface area (Å²) in [6.07, 6.45) is 0. The van der Waals surface area contributed by atoms with Crippen molar-refractivity contribution in [3.8, 4) is 50.2 Å². The Morgan fingerprint density at radius 1 is 0.300 bits per heavy atom. The Labute approximate surface area is 350 Å². The summed E-state index contributed by atoms with van der Waals surface area (Å²) in [6, 6.07) is 87.9. The van der Waals surface area contributed by atoms with Crippen molar-refractivity contribution in [1.29, 1.82) is 0 Å². The zero-order valence-corrected chi connectivity index (χ0v) is 33.0. The molecule has 0 amide bonds. The van der Waals surface area contributed by atoms with E-state index in [0.717, 1.165) is 28.3 Å². The van der Waals surface area contributed by atoms with Gasteiger partial charge in [0.15, 0.2) is 0 Å². The summed E-state index contributed by atoms with van der Waals surface area (Å²) in [7, 11) is 0. The van der Waals surface area contributed by atoms with Crippen LogP contribution in [0.4, 0.5) is 17.1 Å². The van der Waals surface area contributed by atoms with E-state index < -0.39 is 0 Å². The molecule has 1 aromatic heterocycles. The molecule has 0 aliphatic rings. The van der Waals surface area contributed by atoms with E-state index in [4.69, 9.17) is 0 Å². The fourth-order valence-electron chi connectivity index (χ4n) is 9.01. The molecule has 11 aromatic rings. The quantitative estimate of drug-likeness (QED) is 0.150. The number of fused-ring (bicyclic) bond motifs is 4. The molecule has 1 heterocycles. The molecule has 0 atom stereocenters. The second kappa shape index (κ2) is 15.1. The smallest absolute Gasteiger partial charge is 0.0541 e. The van der Waals surface area contributed by atoms with Crippen LogP contribution in [0, 0.1) is 0 Å². The van der Waals surface area contributed by atoms with Gasteiger partial charge < -0.3 is 9.47 Å². The zero-order valence-electron chi connectivity index (χ0n) is 33.0. The van der Waals surface area contributed by atoms with Crippen LogP contribution in [0.25, 0.3) is 82.8 Å². The van der Waals surface area contributed by atoms with Crippen molar-refractivity contribution >= 4 is 49.6 Å². The van der Waals surface area contributed by atoms with E-state index in [9.17, 15) is 0 Å². The van der Waals surface area contributed by atoms with Gasteiger partial charge in [-0.15, -0.1) is 0 Å². The van der Waals surface area contributed by atoms with Crippen LogP contribution in [0.2, 0.25) is 0 Å². The molecule has 282 valence electrons. The van der Waals surface area contributed by atoms with Gasteiger partial charge in [-0.05, 0) is 110 Å². The maximum Gasteiger partial charge on any atom is 0.0541 e. The maximum absolute atomic E-state index is 2.43. The molecular weight excluding hydrogens is 725 g/mol. The van der Waals surface area contributed by atoms with Gasteiger partial charge in [0, 0.05) is 33.4 Å². The summed E-state index contributed by atoms with van der Waals surface area (Å²) in [5.41, 5.74) is 16.4. The van der Waals surface area contributed by atoms with E-state index in [-0.39, 0.29) is 0 Å². The highest BCUT2D eigenvalue weighted by molar-refractivity contribution is 6.11. The van der Waals surface area contributed by atoms with Crippen LogP contribution >= 0.6 is 0 Å². The molecule has 0 saturated heterocycles. The second-order valence-corrected chi connectivity index (χ2v) is 15.3. The minimum Gasteiger partial charge on any atom is -0.310 e. The molecule has 2 heteroatoms. The number of nitrogens with zero attached hydrogens (tertiary/aromatic N) is 2. The first-order valence-corrected chi connectivity index (χ1v) is 20.6. The monoisotopic (exact) mass is 764 g/mol. The number of aromatic nitrogens is 1.